The minimum atomic E-state index is -1.85. The summed E-state index contributed by atoms with van der Waals surface area (Å²) in [5, 5.41) is 28.2. The number of rotatable bonds is 8. The van der Waals surface area contributed by atoms with E-state index < -0.39 is 52.3 Å². The van der Waals surface area contributed by atoms with Gasteiger partial charge in [0, 0.05) is 24.5 Å². The first-order valence-electron chi connectivity index (χ1n) is 12.4. The van der Waals surface area contributed by atoms with Crippen LogP contribution in [0, 0.1) is 22.0 Å². The molecule has 4 rings (SSSR count). The molecule has 4 atom stereocenters. The number of benzene rings is 3. The number of hydrogen-bond acceptors (Lipinski definition) is 8. The van der Waals surface area contributed by atoms with E-state index in [0.29, 0.717) is 28.4 Å². The number of Topliss-reactive ketones (excluding diaryl/α,β-unsaturated/α-hetero) is 1. The number of non-ortho nitro benzene ring substituents is 1. The number of carbonyl (C=O) groups excluding carboxylic acids is 3. The standard InChI is InChI=1S/C29H29N3O8/c1-29(36)16-21(33)25(27(34)30-19-8-4-6-10-22(19)39-2)24(17-12-14-18(15-13-17)32(37)38)26(29)28(35)31-20-9-5-7-11-23(20)40-3/h4-15,24-26,36H,16H2,1-3H3,(H,30,34)(H,31,35)/t24-,25+,26+,29-/m0/s1. The number of nitrogens with zero attached hydrogens (tertiary/aromatic N) is 1. The van der Waals surface area contributed by atoms with Gasteiger partial charge in [-0.1, -0.05) is 36.4 Å². The van der Waals surface area contributed by atoms with Gasteiger partial charge in [-0.2, -0.15) is 0 Å². The molecule has 11 heteroatoms. The Bertz CT molecular complexity index is 1440. The molecule has 0 saturated heterocycles. The van der Waals surface area contributed by atoms with E-state index in [2.05, 4.69) is 10.6 Å². The van der Waals surface area contributed by atoms with Gasteiger partial charge in [0.25, 0.3) is 5.69 Å². The van der Waals surface area contributed by atoms with E-state index in [1.54, 1.807) is 48.5 Å². The molecule has 2 amide bonds. The molecule has 208 valence electrons. The third-order valence-electron chi connectivity index (χ3n) is 7.05. The molecular formula is C29H29N3O8. The molecule has 40 heavy (non-hydrogen) atoms. The van der Waals surface area contributed by atoms with Crippen LogP contribution in [0.15, 0.2) is 72.8 Å². The lowest BCUT2D eigenvalue weighted by Crippen LogP contribution is -2.56. The number of hydrogen-bond donors (Lipinski definition) is 3. The predicted octanol–water partition coefficient (Wildman–Crippen LogP) is 3.93. The summed E-state index contributed by atoms with van der Waals surface area (Å²) < 4.78 is 10.6. The molecule has 0 bridgehead atoms. The summed E-state index contributed by atoms with van der Waals surface area (Å²) in [6.07, 6.45) is -0.468. The van der Waals surface area contributed by atoms with Gasteiger partial charge < -0.3 is 25.2 Å². The molecule has 1 fully saturated rings. The zero-order chi connectivity index (χ0) is 29.0. The van der Waals surface area contributed by atoms with Crippen molar-refractivity contribution in [1.29, 1.82) is 0 Å². The molecule has 0 heterocycles. The zero-order valence-electron chi connectivity index (χ0n) is 22.1. The summed E-state index contributed by atoms with van der Waals surface area (Å²) in [5.41, 5.74) is -1.10. The molecule has 0 spiro atoms. The first-order valence-corrected chi connectivity index (χ1v) is 12.4. The summed E-state index contributed by atoms with van der Waals surface area (Å²) >= 11 is 0. The molecule has 3 N–H and O–H groups in total. The number of nitrogens with one attached hydrogen (secondary N) is 2. The van der Waals surface area contributed by atoms with Gasteiger partial charge in [0.15, 0.2) is 0 Å². The van der Waals surface area contributed by atoms with Crippen molar-refractivity contribution >= 4 is 34.7 Å². The van der Waals surface area contributed by atoms with Gasteiger partial charge in [-0.25, -0.2) is 0 Å². The van der Waals surface area contributed by atoms with Crippen LogP contribution < -0.4 is 20.1 Å². The van der Waals surface area contributed by atoms with Crippen molar-refractivity contribution in [2.45, 2.75) is 24.9 Å². The van der Waals surface area contributed by atoms with E-state index in [9.17, 15) is 29.6 Å². The Morgan fingerprint density at radius 2 is 1.40 bits per heavy atom. The number of ether oxygens (including phenoxy) is 2. The maximum absolute atomic E-state index is 13.8. The van der Waals surface area contributed by atoms with Crippen molar-refractivity contribution in [1.82, 2.24) is 0 Å². The lowest BCUT2D eigenvalue weighted by Gasteiger charge is -2.44. The fourth-order valence-electron chi connectivity index (χ4n) is 5.23. The number of carbonyl (C=O) groups is 3. The molecule has 0 aliphatic heterocycles. The van der Waals surface area contributed by atoms with Crippen LogP contribution in [-0.2, 0) is 14.4 Å². The van der Waals surface area contributed by atoms with Gasteiger partial charge in [0.05, 0.1) is 42.0 Å². The van der Waals surface area contributed by atoms with E-state index in [1.165, 1.54) is 45.4 Å². The molecule has 0 radical (unpaired) electrons. The van der Waals surface area contributed by atoms with Crippen molar-refractivity contribution in [3.8, 4) is 11.5 Å². The Balaban J connectivity index is 1.80. The van der Waals surface area contributed by atoms with Crippen LogP contribution in [0.5, 0.6) is 11.5 Å². The van der Waals surface area contributed by atoms with E-state index in [1.807, 2.05) is 0 Å². The van der Waals surface area contributed by atoms with Gasteiger partial charge in [-0.15, -0.1) is 0 Å². The van der Waals surface area contributed by atoms with Gasteiger partial charge in [0.2, 0.25) is 11.8 Å². The summed E-state index contributed by atoms with van der Waals surface area (Å²) in [7, 11) is 2.88. The molecule has 0 aromatic heterocycles. The summed E-state index contributed by atoms with van der Waals surface area (Å²) in [4.78, 5) is 51.7. The van der Waals surface area contributed by atoms with Crippen molar-refractivity contribution in [3.05, 3.63) is 88.5 Å². The molecule has 0 unspecified atom stereocenters. The van der Waals surface area contributed by atoms with E-state index in [4.69, 9.17) is 9.47 Å². The topological polar surface area (TPSA) is 157 Å². The number of amides is 2. The zero-order valence-corrected chi connectivity index (χ0v) is 22.1. The van der Waals surface area contributed by atoms with Gasteiger partial charge in [-0.05, 0) is 36.8 Å². The number of aliphatic hydroxyl groups is 1. The minimum absolute atomic E-state index is 0.206. The van der Waals surface area contributed by atoms with Gasteiger partial charge in [-0.3, -0.25) is 24.5 Å². The average Bonchev–Trinajstić information content (AvgIpc) is 2.92. The maximum Gasteiger partial charge on any atom is 0.269 e. The molecule has 1 aliphatic carbocycles. The number of anilines is 2. The Morgan fingerprint density at radius 1 is 0.900 bits per heavy atom. The van der Waals surface area contributed by atoms with E-state index in [-0.39, 0.29) is 5.69 Å². The number of para-hydroxylation sites is 4. The molecular weight excluding hydrogens is 518 g/mol. The lowest BCUT2D eigenvalue weighted by molar-refractivity contribution is -0.384. The second kappa shape index (κ2) is 11.5. The van der Waals surface area contributed by atoms with Crippen LogP contribution >= 0.6 is 0 Å². The SMILES string of the molecule is COc1ccccc1NC(=O)[C@@H]1C(=O)C[C@](C)(O)[C@@H](C(=O)Nc2ccccc2OC)[C@H]1c1ccc([N+](=O)[O-])cc1. The monoisotopic (exact) mass is 547 g/mol. The van der Waals surface area contributed by atoms with Crippen molar-refractivity contribution in [2.75, 3.05) is 24.9 Å². The van der Waals surface area contributed by atoms with Crippen molar-refractivity contribution in [3.63, 3.8) is 0 Å². The highest BCUT2D eigenvalue weighted by molar-refractivity contribution is 6.11. The third-order valence-corrected chi connectivity index (χ3v) is 7.05. The van der Waals surface area contributed by atoms with Crippen LogP contribution in [0.4, 0.5) is 17.1 Å². The van der Waals surface area contributed by atoms with Gasteiger partial charge >= 0.3 is 0 Å². The molecule has 3 aromatic rings. The lowest BCUT2D eigenvalue weighted by atomic mass is 9.61. The number of nitro benzene ring substituents is 1. The quantitative estimate of drug-likeness (QED) is 0.218. The minimum Gasteiger partial charge on any atom is -0.495 e. The highest BCUT2D eigenvalue weighted by Crippen LogP contribution is 2.47. The normalized spacial score (nSPS) is 22.2. The van der Waals surface area contributed by atoms with Crippen LogP contribution in [-0.4, -0.2) is 47.4 Å². The Hall–Kier alpha value is -4.77. The van der Waals surface area contributed by atoms with Crippen LogP contribution in [0.1, 0.15) is 24.8 Å². The second-order valence-electron chi connectivity index (χ2n) is 9.71. The predicted molar refractivity (Wildman–Crippen MR) is 146 cm³/mol. The van der Waals surface area contributed by atoms with Crippen LogP contribution in [0.25, 0.3) is 0 Å². The van der Waals surface area contributed by atoms with Crippen molar-refractivity contribution < 1.29 is 33.9 Å². The van der Waals surface area contributed by atoms with E-state index in [0.717, 1.165) is 0 Å². The van der Waals surface area contributed by atoms with Crippen LogP contribution in [0.3, 0.4) is 0 Å². The third kappa shape index (κ3) is 5.64. The summed E-state index contributed by atoms with van der Waals surface area (Å²) in [6, 6.07) is 18.6. The molecule has 11 nitrogen and oxygen atoms in total. The van der Waals surface area contributed by atoms with E-state index >= 15 is 0 Å². The fraction of sp³-hybridized carbons (Fsp3) is 0.276. The Labute approximate surface area is 230 Å². The number of nitro groups is 1. The Kier molecular flexibility index (Phi) is 8.15. The van der Waals surface area contributed by atoms with Gasteiger partial charge in [0.1, 0.15) is 23.2 Å². The number of ketones is 1. The summed E-state index contributed by atoms with van der Waals surface area (Å²) in [6.45, 7) is 1.37. The summed E-state index contributed by atoms with van der Waals surface area (Å²) in [5.74, 6) is -5.07. The fourth-order valence-corrected chi connectivity index (χ4v) is 5.23. The largest absolute Gasteiger partial charge is 0.495 e. The average molecular weight is 548 g/mol. The number of methoxy groups -OCH3 is 2. The molecule has 3 aromatic carbocycles. The first kappa shape index (κ1) is 28.2. The smallest absolute Gasteiger partial charge is 0.269 e. The maximum atomic E-state index is 13.8. The van der Waals surface area contributed by atoms with Crippen LogP contribution in [0.2, 0.25) is 0 Å². The molecule has 1 aliphatic rings. The van der Waals surface area contributed by atoms with Crippen molar-refractivity contribution in [2.24, 2.45) is 11.8 Å². The molecule has 1 saturated carbocycles. The Morgan fingerprint density at radius 3 is 1.90 bits per heavy atom. The first-order chi connectivity index (χ1) is 19.1. The second-order valence-corrected chi connectivity index (χ2v) is 9.71. The highest BCUT2D eigenvalue weighted by Gasteiger charge is 2.56. The highest BCUT2D eigenvalue weighted by atomic mass is 16.6.